The first-order valence-corrected chi connectivity index (χ1v) is 6.13. The lowest BCUT2D eigenvalue weighted by Gasteiger charge is -2.32. The maximum absolute atomic E-state index is 5.72. The fraction of sp³-hybridized carbons (Fsp3) is 0.727. The van der Waals surface area contributed by atoms with Crippen LogP contribution in [0.1, 0.15) is 19.2 Å². The maximum Gasteiger partial charge on any atom is 0.230 e. The van der Waals surface area contributed by atoms with E-state index in [0.717, 1.165) is 50.8 Å². The van der Waals surface area contributed by atoms with E-state index in [2.05, 4.69) is 38.7 Å². The second-order valence-electron chi connectivity index (χ2n) is 4.45. The fourth-order valence-corrected chi connectivity index (χ4v) is 1.91. The average Bonchev–Trinajstić information content (AvgIpc) is 2.29. The van der Waals surface area contributed by atoms with Crippen LogP contribution in [0, 0.1) is 0 Å². The van der Waals surface area contributed by atoms with Crippen molar-refractivity contribution in [1.29, 1.82) is 0 Å². The minimum atomic E-state index is 0.331. The van der Waals surface area contributed by atoms with Gasteiger partial charge >= 0.3 is 0 Å². The molecule has 2 N–H and O–H groups in total. The smallest absolute Gasteiger partial charge is 0.230 e. The molecule has 1 aliphatic rings. The molecule has 1 aromatic heterocycles. The number of nitrogens with zero attached hydrogens (tertiary/aromatic N) is 5. The zero-order chi connectivity index (χ0) is 12.3. The van der Waals surface area contributed by atoms with E-state index >= 15 is 0 Å². The molecule has 2 rings (SSSR count). The summed E-state index contributed by atoms with van der Waals surface area (Å²) in [5.74, 6) is 1.86. The van der Waals surface area contributed by atoms with Crippen molar-refractivity contribution in [3.8, 4) is 0 Å². The van der Waals surface area contributed by atoms with Crippen molar-refractivity contribution in [2.24, 2.45) is 0 Å². The number of rotatable bonds is 3. The molecule has 0 saturated carbocycles. The monoisotopic (exact) mass is 236 g/mol. The van der Waals surface area contributed by atoms with E-state index in [1.165, 1.54) is 0 Å². The molecule has 6 heteroatoms. The molecule has 1 aliphatic heterocycles. The quantitative estimate of drug-likeness (QED) is 0.806. The number of hydrogen-bond acceptors (Lipinski definition) is 6. The van der Waals surface area contributed by atoms with Crippen molar-refractivity contribution in [3.05, 3.63) is 5.82 Å². The van der Waals surface area contributed by atoms with Gasteiger partial charge in [-0.25, -0.2) is 0 Å². The minimum absolute atomic E-state index is 0.331. The van der Waals surface area contributed by atoms with Crippen molar-refractivity contribution < 1.29 is 0 Å². The Labute approximate surface area is 102 Å². The molecule has 0 atom stereocenters. The summed E-state index contributed by atoms with van der Waals surface area (Å²) < 4.78 is 0. The Morgan fingerprint density at radius 1 is 1.12 bits per heavy atom. The third kappa shape index (κ3) is 3.03. The van der Waals surface area contributed by atoms with Crippen molar-refractivity contribution in [1.82, 2.24) is 19.9 Å². The molecule has 2 heterocycles. The highest BCUT2D eigenvalue weighted by Crippen LogP contribution is 2.12. The van der Waals surface area contributed by atoms with Gasteiger partial charge < -0.3 is 15.5 Å². The summed E-state index contributed by atoms with van der Waals surface area (Å²) in [7, 11) is 2.13. The summed E-state index contributed by atoms with van der Waals surface area (Å²) in [6.45, 7) is 6.08. The van der Waals surface area contributed by atoms with Crippen molar-refractivity contribution >= 4 is 11.9 Å². The summed E-state index contributed by atoms with van der Waals surface area (Å²) >= 11 is 0. The van der Waals surface area contributed by atoms with E-state index < -0.39 is 0 Å². The predicted octanol–water partition coefficient (Wildman–Crippen LogP) is 0.158. The standard InChI is InChI=1S/C11H20N6/c1-3-4-9-13-10(12)15-11(14-9)17-7-5-16(2)6-8-17/h3-8H2,1-2H3,(H2,12,13,14,15). The summed E-state index contributed by atoms with van der Waals surface area (Å²) in [6, 6.07) is 0. The molecular formula is C11H20N6. The largest absolute Gasteiger partial charge is 0.368 e. The number of aryl methyl sites for hydroxylation is 1. The first-order chi connectivity index (χ1) is 8.19. The van der Waals surface area contributed by atoms with Gasteiger partial charge in [0.05, 0.1) is 0 Å². The molecule has 1 aromatic rings. The molecule has 0 amide bonds. The van der Waals surface area contributed by atoms with Gasteiger partial charge in [-0.2, -0.15) is 15.0 Å². The van der Waals surface area contributed by atoms with Crippen LogP contribution in [0.4, 0.5) is 11.9 Å². The van der Waals surface area contributed by atoms with E-state index in [9.17, 15) is 0 Å². The number of aromatic nitrogens is 3. The number of nitrogen functional groups attached to an aromatic ring is 1. The number of nitrogens with two attached hydrogens (primary N) is 1. The third-order valence-electron chi connectivity index (χ3n) is 2.95. The van der Waals surface area contributed by atoms with Crippen molar-refractivity contribution in [2.45, 2.75) is 19.8 Å². The molecule has 0 unspecified atom stereocenters. The van der Waals surface area contributed by atoms with Gasteiger partial charge in [0, 0.05) is 32.6 Å². The average molecular weight is 236 g/mol. The number of piperazine rings is 1. The molecule has 0 aromatic carbocycles. The normalized spacial score (nSPS) is 17.4. The van der Waals surface area contributed by atoms with E-state index in [0.29, 0.717) is 5.95 Å². The minimum Gasteiger partial charge on any atom is -0.368 e. The van der Waals surface area contributed by atoms with Gasteiger partial charge in [-0.3, -0.25) is 0 Å². The lowest BCUT2D eigenvalue weighted by molar-refractivity contribution is 0.311. The van der Waals surface area contributed by atoms with Gasteiger partial charge in [0.2, 0.25) is 11.9 Å². The Morgan fingerprint density at radius 2 is 1.82 bits per heavy atom. The van der Waals surface area contributed by atoms with E-state index in [-0.39, 0.29) is 0 Å². The summed E-state index contributed by atoms with van der Waals surface area (Å²) in [5.41, 5.74) is 5.72. The first-order valence-electron chi connectivity index (χ1n) is 6.13. The number of likely N-dealkylation sites (N-methyl/N-ethyl adjacent to an activating group) is 1. The van der Waals surface area contributed by atoms with Crippen LogP contribution in [-0.4, -0.2) is 53.1 Å². The Hall–Kier alpha value is -1.43. The summed E-state index contributed by atoms with van der Waals surface area (Å²) in [5, 5.41) is 0. The molecule has 94 valence electrons. The second kappa shape index (κ2) is 5.27. The second-order valence-corrected chi connectivity index (χ2v) is 4.45. The Morgan fingerprint density at radius 3 is 2.47 bits per heavy atom. The van der Waals surface area contributed by atoms with Crippen molar-refractivity contribution in [3.63, 3.8) is 0 Å². The Kier molecular flexibility index (Phi) is 3.73. The van der Waals surface area contributed by atoms with Crippen LogP contribution in [0.5, 0.6) is 0 Å². The predicted molar refractivity (Wildman–Crippen MR) is 67.9 cm³/mol. The molecular weight excluding hydrogens is 216 g/mol. The van der Waals surface area contributed by atoms with Crippen LogP contribution in [0.25, 0.3) is 0 Å². The van der Waals surface area contributed by atoms with Crippen LogP contribution >= 0.6 is 0 Å². The fourth-order valence-electron chi connectivity index (χ4n) is 1.91. The van der Waals surface area contributed by atoms with Gasteiger partial charge in [0.1, 0.15) is 5.82 Å². The van der Waals surface area contributed by atoms with Crippen LogP contribution in [-0.2, 0) is 6.42 Å². The lowest BCUT2D eigenvalue weighted by atomic mass is 10.3. The van der Waals surface area contributed by atoms with E-state index in [1.807, 2.05) is 0 Å². The number of hydrogen-bond donors (Lipinski definition) is 1. The Bertz CT molecular complexity index is 372. The highest BCUT2D eigenvalue weighted by molar-refractivity contribution is 5.35. The van der Waals surface area contributed by atoms with Crippen molar-refractivity contribution in [2.75, 3.05) is 43.9 Å². The highest BCUT2D eigenvalue weighted by Gasteiger charge is 2.17. The zero-order valence-electron chi connectivity index (χ0n) is 10.6. The third-order valence-corrected chi connectivity index (χ3v) is 2.95. The van der Waals surface area contributed by atoms with E-state index in [4.69, 9.17) is 5.73 Å². The molecule has 0 radical (unpaired) electrons. The van der Waals surface area contributed by atoms with Gasteiger partial charge in [0.15, 0.2) is 0 Å². The molecule has 1 fully saturated rings. The number of anilines is 2. The van der Waals surface area contributed by atoms with Crippen LogP contribution in [0.3, 0.4) is 0 Å². The lowest BCUT2D eigenvalue weighted by Crippen LogP contribution is -2.45. The van der Waals surface area contributed by atoms with Crippen LogP contribution < -0.4 is 10.6 Å². The van der Waals surface area contributed by atoms with E-state index in [1.54, 1.807) is 0 Å². The molecule has 6 nitrogen and oxygen atoms in total. The highest BCUT2D eigenvalue weighted by atomic mass is 15.3. The van der Waals surface area contributed by atoms with Gasteiger partial charge in [-0.05, 0) is 13.5 Å². The molecule has 1 saturated heterocycles. The van der Waals surface area contributed by atoms with Crippen LogP contribution in [0.2, 0.25) is 0 Å². The topological polar surface area (TPSA) is 71.2 Å². The first kappa shape index (κ1) is 12.0. The van der Waals surface area contributed by atoms with Gasteiger partial charge in [0.25, 0.3) is 0 Å². The SMILES string of the molecule is CCCc1nc(N)nc(N2CCN(C)CC2)n1. The molecule has 0 spiro atoms. The maximum atomic E-state index is 5.72. The molecule has 0 bridgehead atoms. The molecule has 0 aliphatic carbocycles. The Balaban J connectivity index is 2.14. The summed E-state index contributed by atoms with van der Waals surface area (Å²) in [6.07, 6.45) is 1.87. The van der Waals surface area contributed by atoms with Crippen LogP contribution in [0.15, 0.2) is 0 Å². The van der Waals surface area contributed by atoms with Gasteiger partial charge in [-0.15, -0.1) is 0 Å². The zero-order valence-corrected chi connectivity index (χ0v) is 10.6. The molecule has 17 heavy (non-hydrogen) atoms. The van der Waals surface area contributed by atoms with Gasteiger partial charge in [-0.1, -0.05) is 6.92 Å². The summed E-state index contributed by atoms with van der Waals surface area (Å²) in [4.78, 5) is 17.3.